The van der Waals surface area contributed by atoms with E-state index >= 15 is 0 Å². The van der Waals surface area contributed by atoms with E-state index in [1.54, 1.807) is 12.4 Å². The van der Waals surface area contributed by atoms with Gasteiger partial charge in [0.05, 0.1) is 0 Å². The molecule has 0 bridgehead atoms. The first-order valence-corrected chi connectivity index (χ1v) is 8.64. The maximum Gasteiger partial charge on any atom is 0.221 e. The number of benzene rings is 1. The molecule has 0 radical (unpaired) electrons. The Morgan fingerprint density at radius 1 is 1.28 bits per heavy atom. The Bertz CT molecular complexity index is 865. The van der Waals surface area contributed by atoms with Crippen LogP contribution in [0.15, 0.2) is 71.4 Å². The highest BCUT2D eigenvalue weighted by molar-refractivity contribution is 5.80. The molecule has 4 nitrogen and oxygen atoms in total. The van der Waals surface area contributed by atoms with E-state index in [9.17, 15) is 4.79 Å². The highest BCUT2D eigenvalue weighted by Gasteiger charge is 2.23. The fraction of sp³-hybridized carbons (Fsp3) is 0.238. The summed E-state index contributed by atoms with van der Waals surface area (Å²) in [5.74, 6) is 1.10. The average molecular weight is 332 g/mol. The molecule has 4 rings (SSSR count). The average Bonchev–Trinajstić information content (AvgIpc) is 3.29. The monoisotopic (exact) mass is 332 g/mol. The number of allylic oxidation sites excluding steroid dienone is 2. The smallest absolute Gasteiger partial charge is 0.221 e. The van der Waals surface area contributed by atoms with Crippen LogP contribution in [-0.4, -0.2) is 10.9 Å². The number of nitrogens with zero attached hydrogens (tertiary/aromatic N) is 1. The van der Waals surface area contributed by atoms with Crippen molar-refractivity contribution in [1.82, 2.24) is 10.3 Å². The molecule has 0 saturated carbocycles. The molecule has 126 valence electrons. The number of carbonyl (C=O) groups is 1. The van der Waals surface area contributed by atoms with Crippen LogP contribution in [0, 0.1) is 5.92 Å². The lowest BCUT2D eigenvalue weighted by Crippen LogP contribution is -2.30. The molecule has 1 aliphatic rings. The van der Waals surface area contributed by atoms with Crippen LogP contribution in [0.2, 0.25) is 0 Å². The Labute approximate surface area is 146 Å². The van der Waals surface area contributed by atoms with E-state index in [1.165, 1.54) is 0 Å². The third-order valence-corrected chi connectivity index (χ3v) is 4.61. The summed E-state index contributed by atoms with van der Waals surface area (Å²) in [6.45, 7) is 0. The van der Waals surface area contributed by atoms with Crippen molar-refractivity contribution in [2.24, 2.45) is 5.92 Å². The summed E-state index contributed by atoms with van der Waals surface area (Å²) in [5, 5.41) is 4.16. The topological polar surface area (TPSA) is 55.1 Å². The first kappa shape index (κ1) is 15.6. The van der Waals surface area contributed by atoms with Gasteiger partial charge in [0.15, 0.2) is 0 Å². The number of amides is 1. The van der Waals surface area contributed by atoms with Crippen LogP contribution in [0.4, 0.5) is 0 Å². The van der Waals surface area contributed by atoms with Gasteiger partial charge in [-0.3, -0.25) is 9.78 Å². The molecule has 1 aliphatic carbocycles. The van der Waals surface area contributed by atoms with Gasteiger partial charge in [-0.1, -0.05) is 36.4 Å². The predicted octanol–water partition coefficient (Wildman–Crippen LogP) is 4.39. The van der Waals surface area contributed by atoms with Gasteiger partial charge in [-0.15, -0.1) is 0 Å². The minimum Gasteiger partial charge on any atom is -0.459 e. The lowest BCUT2D eigenvalue weighted by atomic mass is 10.0. The van der Waals surface area contributed by atoms with Crippen molar-refractivity contribution in [3.8, 4) is 0 Å². The zero-order chi connectivity index (χ0) is 17.1. The number of para-hydroxylation sites is 1. The molecule has 2 heterocycles. The molecule has 0 aliphatic heterocycles. The molecule has 1 aromatic carbocycles. The highest BCUT2D eigenvalue weighted by Crippen LogP contribution is 2.28. The lowest BCUT2D eigenvalue weighted by Gasteiger charge is -2.18. The Morgan fingerprint density at radius 3 is 2.96 bits per heavy atom. The van der Waals surface area contributed by atoms with Crippen LogP contribution in [0.5, 0.6) is 0 Å². The Kier molecular flexibility index (Phi) is 4.34. The van der Waals surface area contributed by atoms with Crippen molar-refractivity contribution in [3.05, 3.63) is 78.3 Å². The van der Waals surface area contributed by atoms with Crippen LogP contribution in [-0.2, 0) is 4.79 Å². The summed E-state index contributed by atoms with van der Waals surface area (Å²) in [4.78, 5) is 16.8. The van der Waals surface area contributed by atoms with Gasteiger partial charge < -0.3 is 9.73 Å². The van der Waals surface area contributed by atoms with Crippen molar-refractivity contribution < 1.29 is 9.21 Å². The first-order valence-electron chi connectivity index (χ1n) is 8.64. The Hall–Kier alpha value is -2.88. The number of aromatic nitrogens is 1. The fourth-order valence-electron chi connectivity index (χ4n) is 3.33. The predicted molar refractivity (Wildman–Crippen MR) is 96.9 cm³/mol. The second-order valence-electron chi connectivity index (χ2n) is 6.44. The summed E-state index contributed by atoms with van der Waals surface area (Å²) in [7, 11) is 0. The van der Waals surface area contributed by atoms with E-state index in [2.05, 4.69) is 22.5 Å². The van der Waals surface area contributed by atoms with Crippen LogP contribution >= 0.6 is 0 Å². The summed E-state index contributed by atoms with van der Waals surface area (Å²) in [6, 6.07) is 13.3. The molecule has 4 heteroatoms. The van der Waals surface area contributed by atoms with Crippen molar-refractivity contribution in [2.75, 3.05) is 0 Å². The second-order valence-corrected chi connectivity index (χ2v) is 6.44. The largest absolute Gasteiger partial charge is 0.459 e. The van der Waals surface area contributed by atoms with Gasteiger partial charge in [0.25, 0.3) is 0 Å². The molecule has 25 heavy (non-hydrogen) atoms. The van der Waals surface area contributed by atoms with Crippen LogP contribution < -0.4 is 5.32 Å². The van der Waals surface area contributed by atoms with E-state index in [0.29, 0.717) is 12.3 Å². The molecular formula is C21H20N2O2. The molecule has 2 aromatic heterocycles. The maximum atomic E-state index is 12.6. The van der Waals surface area contributed by atoms with Crippen LogP contribution in [0.1, 0.15) is 36.6 Å². The zero-order valence-electron chi connectivity index (χ0n) is 13.9. The fourth-order valence-corrected chi connectivity index (χ4v) is 3.33. The van der Waals surface area contributed by atoms with Crippen LogP contribution in [0.25, 0.3) is 11.0 Å². The molecule has 0 unspecified atom stereocenters. The van der Waals surface area contributed by atoms with Gasteiger partial charge in [0.1, 0.15) is 17.4 Å². The highest BCUT2D eigenvalue weighted by atomic mass is 16.3. The Balaban J connectivity index is 1.62. The maximum absolute atomic E-state index is 12.6. The zero-order valence-corrected chi connectivity index (χ0v) is 13.9. The summed E-state index contributed by atoms with van der Waals surface area (Å²) in [6.07, 6.45) is 10.4. The number of pyridine rings is 1. The van der Waals surface area contributed by atoms with Crippen LogP contribution in [0.3, 0.4) is 0 Å². The molecule has 2 atom stereocenters. The number of carbonyl (C=O) groups excluding carboxylic acids is 1. The van der Waals surface area contributed by atoms with Crippen molar-refractivity contribution in [3.63, 3.8) is 0 Å². The van der Waals surface area contributed by atoms with Crippen molar-refractivity contribution in [1.29, 1.82) is 0 Å². The van der Waals surface area contributed by atoms with Crippen molar-refractivity contribution >= 4 is 16.9 Å². The minimum absolute atomic E-state index is 0.0332. The summed E-state index contributed by atoms with van der Waals surface area (Å²) in [5.41, 5.74) is 1.73. The van der Waals surface area contributed by atoms with Gasteiger partial charge in [-0.2, -0.15) is 0 Å². The lowest BCUT2D eigenvalue weighted by molar-refractivity contribution is -0.122. The van der Waals surface area contributed by atoms with E-state index in [0.717, 1.165) is 35.1 Å². The van der Waals surface area contributed by atoms with E-state index in [1.807, 2.05) is 42.5 Å². The van der Waals surface area contributed by atoms with Gasteiger partial charge >= 0.3 is 0 Å². The molecule has 3 aromatic rings. The van der Waals surface area contributed by atoms with E-state index in [4.69, 9.17) is 4.42 Å². The summed E-state index contributed by atoms with van der Waals surface area (Å²) >= 11 is 0. The number of hydrogen-bond acceptors (Lipinski definition) is 3. The SMILES string of the molecule is O=C(C[C@H]1C=CCC1)N[C@@H](c1cccnc1)c1cc2ccccc2o1. The van der Waals surface area contributed by atoms with Gasteiger partial charge in [0, 0.05) is 29.8 Å². The van der Waals surface area contributed by atoms with Gasteiger partial charge in [0.2, 0.25) is 5.91 Å². The summed E-state index contributed by atoms with van der Waals surface area (Å²) < 4.78 is 6.00. The van der Waals surface area contributed by atoms with E-state index in [-0.39, 0.29) is 11.9 Å². The molecular weight excluding hydrogens is 312 g/mol. The molecule has 1 N–H and O–H groups in total. The first-order chi connectivity index (χ1) is 12.3. The normalized spacial score (nSPS) is 17.7. The molecule has 1 amide bonds. The van der Waals surface area contributed by atoms with Gasteiger partial charge in [-0.05, 0) is 37.0 Å². The van der Waals surface area contributed by atoms with E-state index < -0.39 is 0 Å². The number of fused-ring (bicyclic) bond motifs is 1. The van der Waals surface area contributed by atoms with Crippen molar-refractivity contribution in [2.45, 2.75) is 25.3 Å². The molecule has 0 saturated heterocycles. The second kappa shape index (κ2) is 6.93. The number of nitrogens with one attached hydrogen (secondary N) is 1. The number of hydrogen-bond donors (Lipinski definition) is 1. The molecule has 0 fully saturated rings. The third kappa shape index (κ3) is 3.48. The third-order valence-electron chi connectivity index (χ3n) is 4.61. The standard InChI is InChI=1S/C21H20N2O2/c24-20(12-15-6-1-2-7-15)23-21(17-9-5-11-22-14-17)19-13-16-8-3-4-10-18(16)25-19/h1,3-6,8-11,13-15,21H,2,7,12H2,(H,23,24)/t15-,21-/m0/s1. The van der Waals surface area contributed by atoms with Gasteiger partial charge in [-0.25, -0.2) is 0 Å². The molecule has 0 spiro atoms. The Morgan fingerprint density at radius 2 is 2.20 bits per heavy atom. The number of furan rings is 1. The minimum atomic E-state index is -0.334. The quantitative estimate of drug-likeness (QED) is 0.705. The number of rotatable bonds is 5.